The average Bonchev–Trinajstić information content (AvgIpc) is 2.94. The van der Waals surface area contributed by atoms with Crippen LogP contribution in [-0.2, 0) is 9.47 Å². The number of methoxy groups -OCH3 is 1. The summed E-state index contributed by atoms with van der Waals surface area (Å²) in [6.45, 7) is 0. The van der Waals surface area contributed by atoms with Crippen LogP contribution in [0.1, 0.15) is 63.0 Å². The molecular weight excluding hydrogens is 452 g/mol. The van der Waals surface area contributed by atoms with Crippen LogP contribution in [0.15, 0.2) is 78.8 Å². The van der Waals surface area contributed by atoms with Gasteiger partial charge in [0.25, 0.3) is 0 Å². The summed E-state index contributed by atoms with van der Waals surface area (Å²) in [6, 6.07) is 8.34. The Hall–Kier alpha value is -3.09. The van der Waals surface area contributed by atoms with Crippen molar-refractivity contribution >= 4 is 10.9 Å². The molecule has 1 fully saturated rings. The number of para-hydroxylation sites is 1. The van der Waals surface area contributed by atoms with Gasteiger partial charge in [-0.05, 0) is 75.0 Å². The molecule has 6 nitrogen and oxygen atoms in total. The molecule has 0 radical (unpaired) electrons. The molecule has 36 heavy (non-hydrogen) atoms. The normalized spacial score (nSPS) is 23.3. The Bertz CT molecular complexity index is 1160. The van der Waals surface area contributed by atoms with Gasteiger partial charge in [-0.15, -0.1) is 0 Å². The molecule has 0 saturated heterocycles. The van der Waals surface area contributed by atoms with Crippen LogP contribution in [-0.4, -0.2) is 29.3 Å². The largest absolute Gasteiger partial charge is 0.494 e. The van der Waals surface area contributed by atoms with E-state index in [1.807, 2.05) is 24.3 Å². The van der Waals surface area contributed by atoms with Gasteiger partial charge in [-0.25, -0.2) is 0 Å². The van der Waals surface area contributed by atoms with Gasteiger partial charge in [0.15, 0.2) is 5.76 Å². The number of nitrogens with one attached hydrogen (secondary N) is 1. The molecule has 0 bridgehead atoms. The number of nitrogens with zero attached hydrogens (tertiary/aromatic N) is 1. The fourth-order valence-corrected chi connectivity index (χ4v) is 5.68. The van der Waals surface area contributed by atoms with Crippen molar-refractivity contribution in [3.05, 3.63) is 84.4 Å². The first-order valence-electron chi connectivity index (χ1n) is 13.1. The van der Waals surface area contributed by atoms with E-state index in [0.29, 0.717) is 12.0 Å². The maximum atomic E-state index is 11.2. The SMILES string of the molecule is COc1cccc2c(C(O)CC3CCC(NC(CC4=CC=CCC4)C4=COC=CO4)CC3)ccnc12. The lowest BCUT2D eigenvalue weighted by atomic mass is 9.81. The number of hydrogen-bond donors (Lipinski definition) is 2. The zero-order valence-corrected chi connectivity index (χ0v) is 20.9. The van der Waals surface area contributed by atoms with E-state index in [1.54, 1.807) is 32.1 Å². The Morgan fingerprint density at radius 2 is 2.06 bits per heavy atom. The molecule has 1 aromatic carbocycles. The van der Waals surface area contributed by atoms with Gasteiger partial charge in [-0.1, -0.05) is 35.9 Å². The van der Waals surface area contributed by atoms with Crippen molar-refractivity contribution < 1.29 is 19.3 Å². The van der Waals surface area contributed by atoms with E-state index in [4.69, 9.17) is 14.2 Å². The first-order chi connectivity index (χ1) is 17.7. The second-order valence-electron chi connectivity index (χ2n) is 9.99. The molecule has 190 valence electrons. The summed E-state index contributed by atoms with van der Waals surface area (Å²) in [4.78, 5) is 4.48. The number of aliphatic hydroxyl groups excluding tert-OH is 1. The number of rotatable bonds is 9. The van der Waals surface area contributed by atoms with Crippen LogP contribution in [0, 0.1) is 5.92 Å². The summed E-state index contributed by atoms with van der Waals surface area (Å²) in [6.07, 6.45) is 21.0. The van der Waals surface area contributed by atoms with Gasteiger partial charge in [0.2, 0.25) is 0 Å². The van der Waals surface area contributed by atoms with Crippen molar-refractivity contribution in [1.29, 1.82) is 0 Å². The molecular formula is C30H36N2O4. The van der Waals surface area contributed by atoms with Gasteiger partial charge < -0.3 is 24.6 Å². The molecule has 2 unspecified atom stereocenters. The van der Waals surface area contributed by atoms with E-state index in [1.165, 1.54) is 5.57 Å². The molecule has 2 N–H and O–H groups in total. The summed E-state index contributed by atoms with van der Waals surface area (Å²) < 4.78 is 16.7. The second kappa shape index (κ2) is 11.8. The van der Waals surface area contributed by atoms with Crippen LogP contribution in [0.2, 0.25) is 0 Å². The Morgan fingerprint density at radius 3 is 2.81 bits per heavy atom. The van der Waals surface area contributed by atoms with E-state index < -0.39 is 6.10 Å². The van der Waals surface area contributed by atoms with Gasteiger partial charge in [0, 0.05) is 17.6 Å². The summed E-state index contributed by atoms with van der Waals surface area (Å²) >= 11 is 0. The third kappa shape index (κ3) is 5.82. The highest BCUT2D eigenvalue weighted by molar-refractivity contribution is 5.87. The first kappa shape index (κ1) is 24.6. The summed E-state index contributed by atoms with van der Waals surface area (Å²) in [5.41, 5.74) is 3.17. The van der Waals surface area contributed by atoms with Crippen LogP contribution >= 0.6 is 0 Å². The maximum Gasteiger partial charge on any atom is 0.155 e. The predicted octanol–water partition coefficient (Wildman–Crippen LogP) is 6.21. The average molecular weight is 489 g/mol. The molecule has 2 heterocycles. The molecule has 2 atom stereocenters. The Balaban J connectivity index is 1.19. The third-order valence-corrected chi connectivity index (χ3v) is 7.62. The van der Waals surface area contributed by atoms with Gasteiger partial charge in [0.1, 0.15) is 30.1 Å². The molecule has 1 aliphatic heterocycles. The van der Waals surface area contributed by atoms with E-state index in [9.17, 15) is 5.11 Å². The van der Waals surface area contributed by atoms with E-state index in [0.717, 1.165) is 79.3 Å². The summed E-state index contributed by atoms with van der Waals surface area (Å²) in [5, 5.41) is 16.0. The minimum atomic E-state index is -0.513. The minimum Gasteiger partial charge on any atom is -0.494 e. The Morgan fingerprint density at radius 1 is 1.17 bits per heavy atom. The minimum absolute atomic E-state index is 0.0954. The van der Waals surface area contributed by atoms with Crippen molar-refractivity contribution in [2.45, 2.75) is 69.6 Å². The van der Waals surface area contributed by atoms with E-state index in [2.05, 4.69) is 28.5 Å². The first-order valence-corrected chi connectivity index (χ1v) is 13.1. The number of fused-ring (bicyclic) bond motifs is 1. The molecule has 5 rings (SSSR count). The number of aliphatic hydroxyl groups is 1. The van der Waals surface area contributed by atoms with Gasteiger partial charge in [0.05, 0.1) is 19.3 Å². The smallest absolute Gasteiger partial charge is 0.155 e. The van der Waals surface area contributed by atoms with Crippen LogP contribution in [0.3, 0.4) is 0 Å². The molecule has 6 heteroatoms. The molecule has 3 aliphatic rings. The van der Waals surface area contributed by atoms with Crippen LogP contribution in [0.5, 0.6) is 5.75 Å². The number of hydrogen-bond acceptors (Lipinski definition) is 6. The topological polar surface area (TPSA) is 72.8 Å². The molecule has 2 aliphatic carbocycles. The lowest BCUT2D eigenvalue weighted by Gasteiger charge is -2.34. The van der Waals surface area contributed by atoms with E-state index in [-0.39, 0.29) is 6.04 Å². The molecule has 1 aromatic heterocycles. The summed E-state index contributed by atoms with van der Waals surface area (Å²) in [5.74, 6) is 2.07. The van der Waals surface area contributed by atoms with Crippen molar-refractivity contribution in [3.8, 4) is 5.75 Å². The summed E-state index contributed by atoms with van der Waals surface area (Å²) in [7, 11) is 1.65. The molecule has 0 amide bonds. The van der Waals surface area contributed by atoms with Crippen LogP contribution in [0.25, 0.3) is 10.9 Å². The number of ether oxygens (including phenoxy) is 3. The van der Waals surface area contributed by atoms with Gasteiger partial charge in [-0.3, -0.25) is 4.98 Å². The van der Waals surface area contributed by atoms with E-state index >= 15 is 0 Å². The molecule has 2 aromatic rings. The number of pyridine rings is 1. The standard InChI is InChI=1S/C30H36N2O4/c1-34-28-9-5-8-25-24(14-15-31-30(25)28)27(33)19-22-10-12-23(13-11-22)32-26(29-20-35-16-17-36-29)18-21-6-3-2-4-7-21/h2-3,5-6,8-9,14-17,20,22-23,26-27,32-33H,4,7,10-13,18-19H2,1H3. The van der Waals surface area contributed by atoms with Crippen molar-refractivity contribution in [1.82, 2.24) is 10.3 Å². The van der Waals surface area contributed by atoms with Crippen molar-refractivity contribution in [2.24, 2.45) is 5.92 Å². The van der Waals surface area contributed by atoms with Crippen molar-refractivity contribution in [2.75, 3.05) is 7.11 Å². The number of benzene rings is 1. The third-order valence-electron chi connectivity index (χ3n) is 7.62. The lowest BCUT2D eigenvalue weighted by molar-refractivity contribution is 0.125. The zero-order chi connectivity index (χ0) is 24.7. The predicted molar refractivity (Wildman–Crippen MR) is 141 cm³/mol. The highest BCUT2D eigenvalue weighted by atomic mass is 16.5. The van der Waals surface area contributed by atoms with Crippen LogP contribution in [0.4, 0.5) is 0 Å². The zero-order valence-electron chi connectivity index (χ0n) is 20.9. The number of allylic oxidation sites excluding steroid dienone is 3. The highest BCUT2D eigenvalue weighted by Gasteiger charge is 2.28. The fourth-order valence-electron chi connectivity index (χ4n) is 5.68. The quantitative estimate of drug-likeness (QED) is 0.437. The molecule has 1 saturated carbocycles. The number of aromatic nitrogens is 1. The highest BCUT2D eigenvalue weighted by Crippen LogP contribution is 2.36. The Labute approximate surface area is 213 Å². The Kier molecular flexibility index (Phi) is 8.04. The fraction of sp³-hybridized carbons (Fsp3) is 0.433. The monoisotopic (exact) mass is 488 g/mol. The second-order valence-corrected chi connectivity index (χ2v) is 9.99. The lowest BCUT2D eigenvalue weighted by Crippen LogP contribution is -2.42. The van der Waals surface area contributed by atoms with Gasteiger partial charge >= 0.3 is 0 Å². The molecule has 0 spiro atoms. The van der Waals surface area contributed by atoms with Crippen molar-refractivity contribution in [3.63, 3.8) is 0 Å². The van der Waals surface area contributed by atoms with Gasteiger partial charge in [-0.2, -0.15) is 0 Å². The van der Waals surface area contributed by atoms with Crippen LogP contribution < -0.4 is 10.1 Å². The maximum absolute atomic E-state index is 11.2.